The van der Waals surface area contributed by atoms with E-state index >= 15 is 0 Å². The van der Waals surface area contributed by atoms with E-state index < -0.39 is 0 Å². The van der Waals surface area contributed by atoms with Gasteiger partial charge in [0.15, 0.2) is 5.65 Å². The van der Waals surface area contributed by atoms with Crippen molar-refractivity contribution in [1.29, 1.82) is 0 Å². The van der Waals surface area contributed by atoms with Crippen LogP contribution in [0.2, 0.25) is 0 Å². The predicted octanol–water partition coefficient (Wildman–Crippen LogP) is 1.68. The van der Waals surface area contributed by atoms with Crippen LogP contribution < -0.4 is 10.9 Å². The summed E-state index contributed by atoms with van der Waals surface area (Å²) in [6.07, 6.45) is 6.96. The third-order valence-electron chi connectivity index (χ3n) is 2.69. The van der Waals surface area contributed by atoms with Gasteiger partial charge >= 0.3 is 0 Å². The number of hydrogen-bond acceptors (Lipinski definition) is 4. The summed E-state index contributed by atoms with van der Waals surface area (Å²) in [7, 11) is 0. The Labute approximate surface area is 110 Å². The van der Waals surface area contributed by atoms with Crippen molar-refractivity contribution in [2.24, 2.45) is 0 Å². The first-order valence-corrected chi connectivity index (χ1v) is 6.17. The van der Waals surface area contributed by atoms with Gasteiger partial charge in [0.1, 0.15) is 5.39 Å². The molecule has 0 saturated heterocycles. The first-order valence-electron chi connectivity index (χ1n) is 6.17. The number of allylic oxidation sites excluding steroid dienone is 2. The minimum Gasteiger partial charge on any atom is -0.356 e. The first-order chi connectivity index (χ1) is 9.26. The van der Waals surface area contributed by atoms with Gasteiger partial charge in [-0.2, -0.15) is 10.1 Å². The number of hydrogen-bond donors (Lipinski definition) is 2. The van der Waals surface area contributed by atoms with Crippen molar-refractivity contribution in [1.82, 2.24) is 19.7 Å². The topological polar surface area (TPSA) is 75.6 Å². The second-order valence-electron chi connectivity index (χ2n) is 4.12. The highest BCUT2D eigenvalue weighted by Crippen LogP contribution is 2.08. The van der Waals surface area contributed by atoms with Crippen molar-refractivity contribution in [2.75, 3.05) is 11.9 Å². The highest BCUT2D eigenvalue weighted by molar-refractivity contribution is 5.74. The molecule has 6 heteroatoms. The van der Waals surface area contributed by atoms with Gasteiger partial charge in [0.25, 0.3) is 5.56 Å². The van der Waals surface area contributed by atoms with Crippen LogP contribution in [0.4, 0.5) is 5.95 Å². The third-order valence-corrected chi connectivity index (χ3v) is 2.69. The van der Waals surface area contributed by atoms with Crippen LogP contribution in [0.15, 0.2) is 36.3 Å². The van der Waals surface area contributed by atoms with Gasteiger partial charge in [-0.25, -0.2) is 4.68 Å². The maximum Gasteiger partial charge on any atom is 0.263 e. The van der Waals surface area contributed by atoms with E-state index in [1.807, 2.05) is 6.08 Å². The van der Waals surface area contributed by atoms with Crippen molar-refractivity contribution in [3.63, 3.8) is 0 Å². The van der Waals surface area contributed by atoms with Crippen LogP contribution >= 0.6 is 0 Å². The van der Waals surface area contributed by atoms with Gasteiger partial charge in [-0.3, -0.25) is 9.78 Å². The normalized spacial score (nSPS) is 10.5. The average Bonchev–Trinajstić information content (AvgIpc) is 2.79. The molecule has 0 aliphatic heterocycles. The van der Waals surface area contributed by atoms with E-state index in [1.165, 1.54) is 6.20 Å². The predicted molar refractivity (Wildman–Crippen MR) is 76.3 cm³/mol. The van der Waals surface area contributed by atoms with E-state index in [1.54, 1.807) is 10.8 Å². The Balaban J connectivity index is 2.25. The maximum atomic E-state index is 11.9. The number of rotatable bonds is 7. The number of nitrogens with one attached hydrogen (secondary N) is 2. The summed E-state index contributed by atoms with van der Waals surface area (Å²) in [4.78, 5) is 18.9. The number of fused-ring (bicyclic) bond motifs is 1. The molecule has 0 atom stereocenters. The van der Waals surface area contributed by atoms with Gasteiger partial charge in [-0.15, -0.1) is 13.2 Å². The molecule has 0 saturated carbocycles. The number of nitrogens with zero attached hydrogens (tertiary/aromatic N) is 3. The molecule has 0 aliphatic carbocycles. The van der Waals surface area contributed by atoms with Crippen LogP contribution in [0, 0.1) is 0 Å². The highest BCUT2D eigenvalue weighted by atomic mass is 16.1. The summed E-state index contributed by atoms with van der Waals surface area (Å²) in [5.41, 5.74) is 0.376. The Kier molecular flexibility index (Phi) is 4.12. The van der Waals surface area contributed by atoms with Crippen molar-refractivity contribution < 1.29 is 0 Å². The Bertz CT molecular complexity index is 640. The molecule has 2 aromatic rings. The van der Waals surface area contributed by atoms with Crippen molar-refractivity contribution in [2.45, 2.75) is 19.4 Å². The van der Waals surface area contributed by atoms with Crippen LogP contribution in [-0.2, 0) is 6.54 Å². The van der Waals surface area contributed by atoms with E-state index in [0.717, 1.165) is 19.4 Å². The SMILES string of the molecule is C=CCCCNc1nc2c(cnn2CC=C)c(=O)[nH]1. The molecule has 100 valence electrons. The van der Waals surface area contributed by atoms with Crippen LogP contribution in [0.5, 0.6) is 0 Å². The molecule has 2 rings (SSSR count). The lowest BCUT2D eigenvalue weighted by Crippen LogP contribution is -2.14. The fourth-order valence-electron chi connectivity index (χ4n) is 1.76. The first kappa shape index (κ1) is 13.1. The smallest absolute Gasteiger partial charge is 0.263 e. The zero-order valence-corrected chi connectivity index (χ0v) is 10.7. The summed E-state index contributed by atoms with van der Waals surface area (Å²) >= 11 is 0. The van der Waals surface area contributed by atoms with Gasteiger partial charge < -0.3 is 5.32 Å². The second kappa shape index (κ2) is 5.99. The molecular formula is C13H17N5O. The van der Waals surface area contributed by atoms with Gasteiger partial charge in [-0.1, -0.05) is 12.2 Å². The molecule has 6 nitrogen and oxygen atoms in total. The number of anilines is 1. The summed E-state index contributed by atoms with van der Waals surface area (Å²) in [5, 5.41) is 7.69. The maximum absolute atomic E-state index is 11.9. The zero-order chi connectivity index (χ0) is 13.7. The quantitative estimate of drug-likeness (QED) is 0.586. The molecule has 0 spiro atoms. The lowest BCUT2D eigenvalue weighted by Gasteiger charge is -2.05. The Hall–Kier alpha value is -2.37. The molecule has 0 unspecified atom stereocenters. The molecule has 0 fully saturated rings. The van der Waals surface area contributed by atoms with Crippen molar-refractivity contribution >= 4 is 17.0 Å². The molecular weight excluding hydrogens is 242 g/mol. The van der Waals surface area contributed by atoms with Crippen molar-refractivity contribution in [3.05, 3.63) is 41.9 Å². The van der Waals surface area contributed by atoms with Gasteiger partial charge in [0.2, 0.25) is 5.95 Å². The summed E-state index contributed by atoms with van der Waals surface area (Å²) in [6, 6.07) is 0. The van der Waals surface area contributed by atoms with Gasteiger partial charge in [-0.05, 0) is 12.8 Å². The Morgan fingerprint density at radius 1 is 1.42 bits per heavy atom. The van der Waals surface area contributed by atoms with E-state index in [-0.39, 0.29) is 5.56 Å². The van der Waals surface area contributed by atoms with Crippen LogP contribution in [0.1, 0.15) is 12.8 Å². The molecule has 0 aliphatic rings. The fourth-order valence-corrected chi connectivity index (χ4v) is 1.76. The Morgan fingerprint density at radius 2 is 2.26 bits per heavy atom. The number of aromatic amines is 1. The van der Waals surface area contributed by atoms with E-state index in [2.05, 4.69) is 33.5 Å². The van der Waals surface area contributed by atoms with Crippen LogP contribution in [0.25, 0.3) is 11.0 Å². The van der Waals surface area contributed by atoms with Gasteiger partial charge in [0, 0.05) is 6.54 Å². The molecule has 0 aromatic carbocycles. The highest BCUT2D eigenvalue weighted by Gasteiger charge is 2.08. The summed E-state index contributed by atoms with van der Waals surface area (Å²) in [5.74, 6) is 0.465. The molecule has 0 radical (unpaired) electrons. The molecule has 19 heavy (non-hydrogen) atoms. The second-order valence-corrected chi connectivity index (χ2v) is 4.12. The largest absolute Gasteiger partial charge is 0.356 e. The summed E-state index contributed by atoms with van der Waals surface area (Å²) in [6.45, 7) is 8.58. The molecule has 2 aromatic heterocycles. The number of aromatic nitrogens is 4. The molecule has 2 N–H and O–H groups in total. The van der Waals surface area contributed by atoms with Gasteiger partial charge in [0.05, 0.1) is 12.7 Å². The molecule has 2 heterocycles. The zero-order valence-electron chi connectivity index (χ0n) is 10.7. The van der Waals surface area contributed by atoms with E-state index in [4.69, 9.17) is 0 Å². The lowest BCUT2D eigenvalue weighted by atomic mass is 10.3. The third kappa shape index (κ3) is 2.90. The minimum absolute atomic E-state index is 0.188. The minimum atomic E-state index is -0.188. The average molecular weight is 259 g/mol. The fraction of sp³-hybridized carbons (Fsp3) is 0.308. The number of unbranched alkanes of at least 4 members (excludes halogenated alkanes) is 1. The lowest BCUT2D eigenvalue weighted by molar-refractivity contribution is 0.720. The standard InChI is InChI=1S/C13H17N5O/c1-3-5-6-7-14-13-16-11-10(12(19)17-13)9-15-18(11)8-4-2/h3-4,9H,1-2,5-8H2,(H2,14,16,17,19). The monoisotopic (exact) mass is 259 g/mol. The van der Waals surface area contributed by atoms with Crippen LogP contribution in [0.3, 0.4) is 0 Å². The van der Waals surface area contributed by atoms with Crippen molar-refractivity contribution in [3.8, 4) is 0 Å². The summed E-state index contributed by atoms with van der Waals surface area (Å²) < 4.78 is 1.65. The Morgan fingerprint density at radius 3 is 3.00 bits per heavy atom. The molecule has 0 amide bonds. The van der Waals surface area contributed by atoms with Crippen LogP contribution in [-0.4, -0.2) is 26.3 Å². The number of H-pyrrole nitrogens is 1. The van der Waals surface area contributed by atoms with E-state index in [9.17, 15) is 4.79 Å². The van der Waals surface area contributed by atoms with E-state index in [0.29, 0.717) is 23.5 Å². The molecule has 0 bridgehead atoms.